The molecule has 0 radical (unpaired) electrons. The van der Waals surface area contributed by atoms with Crippen molar-refractivity contribution < 1.29 is 43.5 Å². The Morgan fingerprint density at radius 1 is 1.60 bits per heavy atom. The van der Waals surface area contributed by atoms with Gasteiger partial charge in [0.15, 0.2) is 0 Å². The molecule has 1 nitrogen and oxygen atoms in total. The van der Waals surface area contributed by atoms with Crippen molar-refractivity contribution in [2.75, 3.05) is 6.61 Å². The Morgan fingerprint density at radius 2 is 1.80 bits per heavy atom. The maximum absolute atomic E-state index is 7.89. The average molecular weight is 190 g/mol. The molecule has 5 heavy (non-hydrogen) atoms. The second kappa shape index (κ2) is 8.97. The molecule has 0 aromatic heterocycles. The summed E-state index contributed by atoms with van der Waals surface area (Å²) in [5.74, 6) is 0. The van der Waals surface area contributed by atoms with E-state index in [4.69, 9.17) is 5.11 Å². The Morgan fingerprint density at radius 3 is 1.80 bits per heavy atom. The predicted octanol–water partition coefficient (Wildman–Crippen LogP) is -0.0587. The van der Waals surface area contributed by atoms with Crippen LogP contribution in [0, 0.1) is 0 Å². The van der Waals surface area contributed by atoms with Crippen LogP contribution in [-0.2, 0) is 38.4 Å². The Labute approximate surface area is 54.8 Å². The molecule has 3 heteroatoms. The summed E-state index contributed by atoms with van der Waals surface area (Å²) in [4.78, 5) is 0. The SMILES string of the molecule is OC[CH2][Nb].[Cr]. The molecule has 0 saturated carbocycles. The van der Waals surface area contributed by atoms with Gasteiger partial charge in [-0.1, -0.05) is 0 Å². The smallest absolute Gasteiger partial charge is 0 e. The van der Waals surface area contributed by atoms with Crippen molar-refractivity contribution in [1.82, 2.24) is 0 Å². The summed E-state index contributed by atoms with van der Waals surface area (Å²) in [6.07, 6.45) is 0. The van der Waals surface area contributed by atoms with E-state index in [9.17, 15) is 0 Å². The molecule has 0 aliphatic heterocycles. The molecule has 0 aromatic carbocycles. The van der Waals surface area contributed by atoms with Crippen molar-refractivity contribution in [2.45, 2.75) is 4.64 Å². The normalized spacial score (nSPS) is 5.80. The fourth-order valence-electron chi connectivity index (χ4n) is 0. The van der Waals surface area contributed by atoms with Crippen LogP contribution in [0.4, 0.5) is 0 Å². The molecule has 1 N–H and O–H groups in total. The van der Waals surface area contributed by atoms with Gasteiger partial charge in [0.05, 0.1) is 0 Å². The number of aliphatic hydroxyl groups excluding tert-OH is 1. The van der Waals surface area contributed by atoms with Crippen molar-refractivity contribution >= 4 is 0 Å². The molecular weight excluding hydrogens is 185 g/mol. The topological polar surface area (TPSA) is 20.2 Å². The van der Waals surface area contributed by atoms with Crippen molar-refractivity contribution in [3.63, 3.8) is 0 Å². The van der Waals surface area contributed by atoms with Gasteiger partial charge in [0.1, 0.15) is 0 Å². The standard InChI is InChI=1S/C2H5O.Cr.Nb/c1-2-3;;/h3H,1-2H2;;. The number of hydrogen-bond acceptors (Lipinski definition) is 1. The summed E-state index contributed by atoms with van der Waals surface area (Å²) in [6, 6.07) is 0. The van der Waals surface area contributed by atoms with E-state index >= 15 is 0 Å². The van der Waals surface area contributed by atoms with Gasteiger partial charge in [0, 0.05) is 17.4 Å². The molecule has 0 aliphatic carbocycles. The molecule has 0 saturated heterocycles. The molecule has 0 aliphatic rings. The number of rotatable bonds is 1. The second-order valence-corrected chi connectivity index (χ2v) is 1.55. The van der Waals surface area contributed by atoms with E-state index in [0.717, 1.165) is 4.64 Å². The zero-order chi connectivity index (χ0) is 3.41. The predicted molar refractivity (Wildman–Crippen MR) is 11.9 cm³/mol. The van der Waals surface area contributed by atoms with E-state index in [1.807, 2.05) is 0 Å². The van der Waals surface area contributed by atoms with Gasteiger partial charge < -0.3 is 0 Å². The van der Waals surface area contributed by atoms with E-state index in [0.29, 0.717) is 6.61 Å². The number of hydrogen-bond donors (Lipinski definition) is 1. The van der Waals surface area contributed by atoms with Crippen LogP contribution in [0.15, 0.2) is 0 Å². The van der Waals surface area contributed by atoms with Gasteiger partial charge in [-0.2, -0.15) is 0 Å². The summed E-state index contributed by atoms with van der Waals surface area (Å²) in [5, 5.41) is 7.89. The summed E-state index contributed by atoms with van der Waals surface area (Å²) in [6.45, 7) is 0.342. The summed E-state index contributed by atoms with van der Waals surface area (Å²) >= 11 is 1.65. The largest absolute Gasteiger partial charge is 0 e. The van der Waals surface area contributed by atoms with Crippen molar-refractivity contribution in [3.8, 4) is 0 Å². The van der Waals surface area contributed by atoms with E-state index in [1.54, 1.807) is 21.1 Å². The fourth-order valence-corrected chi connectivity index (χ4v) is 0. The van der Waals surface area contributed by atoms with Crippen molar-refractivity contribution in [3.05, 3.63) is 0 Å². The van der Waals surface area contributed by atoms with Crippen LogP contribution >= 0.6 is 0 Å². The Kier molecular flexibility index (Phi) is 17.1. The molecule has 0 aromatic rings. The molecule has 0 heterocycles. The van der Waals surface area contributed by atoms with Gasteiger partial charge in [0.2, 0.25) is 0 Å². The summed E-state index contributed by atoms with van der Waals surface area (Å²) in [5.41, 5.74) is 0. The Balaban J connectivity index is 0. The third-order valence-electron chi connectivity index (χ3n) is 0.1000. The Bertz CT molecular complexity index is 11.6. The van der Waals surface area contributed by atoms with Crippen LogP contribution < -0.4 is 0 Å². The summed E-state index contributed by atoms with van der Waals surface area (Å²) < 4.78 is 0.925. The van der Waals surface area contributed by atoms with Crippen molar-refractivity contribution in [1.29, 1.82) is 0 Å². The number of aliphatic hydroxyl groups is 1. The first-order valence-corrected chi connectivity index (χ1v) is 2.69. The first kappa shape index (κ1) is 9.53. The molecule has 0 atom stereocenters. The van der Waals surface area contributed by atoms with Crippen molar-refractivity contribution in [2.24, 2.45) is 0 Å². The fraction of sp³-hybridized carbons (Fsp3) is 1.00. The quantitative estimate of drug-likeness (QED) is 0.574. The van der Waals surface area contributed by atoms with Gasteiger partial charge in [0.25, 0.3) is 0 Å². The third kappa shape index (κ3) is 11.0. The minimum Gasteiger partial charge on any atom is 0 e. The van der Waals surface area contributed by atoms with E-state index < -0.39 is 0 Å². The van der Waals surface area contributed by atoms with E-state index in [1.165, 1.54) is 0 Å². The van der Waals surface area contributed by atoms with Gasteiger partial charge in [-0.15, -0.1) is 0 Å². The van der Waals surface area contributed by atoms with Crippen LogP contribution in [0.1, 0.15) is 0 Å². The van der Waals surface area contributed by atoms with E-state index in [2.05, 4.69) is 0 Å². The molecule has 0 amide bonds. The monoisotopic (exact) mass is 190 g/mol. The molecule has 0 spiro atoms. The maximum atomic E-state index is 7.89. The van der Waals surface area contributed by atoms with Crippen LogP contribution in [0.2, 0.25) is 4.64 Å². The zero-order valence-corrected chi connectivity index (χ0v) is 6.19. The first-order chi connectivity index (χ1) is 1.91. The first-order valence-electron chi connectivity index (χ1n) is 1.13. The van der Waals surface area contributed by atoms with Gasteiger partial charge in [-0.25, -0.2) is 0 Å². The third-order valence-corrected chi connectivity index (χ3v) is 0.592. The molecule has 0 bridgehead atoms. The van der Waals surface area contributed by atoms with Crippen LogP contribution in [0.3, 0.4) is 0 Å². The molecule has 0 fully saturated rings. The molecule has 0 unspecified atom stereocenters. The van der Waals surface area contributed by atoms with Gasteiger partial charge in [-0.05, 0) is 0 Å². The van der Waals surface area contributed by atoms with Gasteiger partial charge in [-0.3, -0.25) is 0 Å². The minimum atomic E-state index is 0. The minimum absolute atomic E-state index is 0. The van der Waals surface area contributed by atoms with Crippen LogP contribution in [-0.4, -0.2) is 11.7 Å². The molecule has 0 rings (SSSR count). The molecule has 30 valence electrons. The molecular formula is C2H5CrNbO. The Hall–Kier alpha value is 1.23. The van der Waals surface area contributed by atoms with Crippen LogP contribution in [0.5, 0.6) is 0 Å². The van der Waals surface area contributed by atoms with Crippen LogP contribution in [0.25, 0.3) is 0 Å². The second-order valence-electron chi connectivity index (χ2n) is 0.447. The zero-order valence-electron chi connectivity index (χ0n) is 2.72. The maximum Gasteiger partial charge on any atom is 0 e. The van der Waals surface area contributed by atoms with Gasteiger partial charge >= 0.3 is 37.4 Å². The average Bonchev–Trinajstić information content (AvgIpc) is 1.37. The van der Waals surface area contributed by atoms with E-state index in [-0.39, 0.29) is 17.4 Å². The summed E-state index contributed by atoms with van der Waals surface area (Å²) in [7, 11) is 0.